The van der Waals surface area contributed by atoms with E-state index in [1.807, 2.05) is 0 Å². The Morgan fingerprint density at radius 2 is 1.50 bits per heavy atom. The minimum atomic E-state index is 0.646. The van der Waals surface area contributed by atoms with Crippen LogP contribution in [0.25, 0.3) is 0 Å². The van der Waals surface area contributed by atoms with Crippen LogP contribution in [-0.2, 0) is 9.47 Å². The van der Waals surface area contributed by atoms with E-state index >= 15 is 0 Å². The first kappa shape index (κ1) is 17.9. The highest BCUT2D eigenvalue weighted by atomic mass is 16.5. The molecule has 0 aliphatic carbocycles. The molecule has 2 heteroatoms. The molecule has 18 heavy (non-hydrogen) atoms. The summed E-state index contributed by atoms with van der Waals surface area (Å²) in [5.41, 5.74) is 0. The fourth-order valence-corrected chi connectivity index (χ4v) is 2.48. The van der Waals surface area contributed by atoms with Gasteiger partial charge in [-0.25, -0.2) is 0 Å². The van der Waals surface area contributed by atoms with Crippen molar-refractivity contribution in [2.24, 2.45) is 17.8 Å². The number of rotatable bonds is 12. The Kier molecular flexibility index (Phi) is 11.9. The Hall–Kier alpha value is -0.0800. The lowest BCUT2D eigenvalue weighted by molar-refractivity contribution is 0.0139. The Bertz CT molecular complexity index is 162. The van der Waals surface area contributed by atoms with Crippen molar-refractivity contribution >= 4 is 0 Å². The summed E-state index contributed by atoms with van der Waals surface area (Å²) in [4.78, 5) is 0. The van der Waals surface area contributed by atoms with E-state index < -0.39 is 0 Å². The van der Waals surface area contributed by atoms with Crippen LogP contribution in [0, 0.1) is 17.8 Å². The smallest absolute Gasteiger partial charge is 0.0500 e. The van der Waals surface area contributed by atoms with Crippen molar-refractivity contribution in [3.63, 3.8) is 0 Å². The molecule has 110 valence electrons. The normalized spacial score (nSPS) is 16.5. The maximum atomic E-state index is 5.70. The van der Waals surface area contributed by atoms with E-state index in [-0.39, 0.29) is 0 Å². The predicted molar refractivity (Wildman–Crippen MR) is 78.9 cm³/mol. The van der Waals surface area contributed by atoms with Gasteiger partial charge >= 0.3 is 0 Å². The zero-order valence-corrected chi connectivity index (χ0v) is 13.2. The minimum absolute atomic E-state index is 0.646. The van der Waals surface area contributed by atoms with Gasteiger partial charge in [-0.3, -0.25) is 0 Å². The highest BCUT2D eigenvalue weighted by molar-refractivity contribution is 4.74. The molecule has 0 aliphatic rings. The molecule has 0 rings (SSSR count). The van der Waals surface area contributed by atoms with E-state index in [4.69, 9.17) is 9.47 Å². The van der Waals surface area contributed by atoms with Crippen molar-refractivity contribution in [3.8, 4) is 0 Å². The number of hydrogen-bond acceptors (Lipinski definition) is 2. The molecule has 3 atom stereocenters. The lowest BCUT2D eigenvalue weighted by atomic mass is 9.79. The van der Waals surface area contributed by atoms with Crippen LogP contribution in [0.1, 0.15) is 60.3 Å². The van der Waals surface area contributed by atoms with Gasteiger partial charge in [-0.2, -0.15) is 0 Å². The second kappa shape index (κ2) is 12.0. The zero-order valence-electron chi connectivity index (χ0n) is 13.2. The van der Waals surface area contributed by atoms with Crippen molar-refractivity contribution in [2.45, 2.75) is 60.3 Å². The Balaban J connectivity index is 4.47. The van der Waals surface area contributed by atoms with Crippen LogP contribution in [0.5, 0.6) is 0 Å². The van der Waals surface area contributed by atoms with Gasteiger partial charge in [0.1, 0.15) is 0 Å². The molecule has 0 aliphatic heterocycles. The molecule has 0 aromatic heterocycles. The standard InChI is InChI=1S/C16H34O2/c1-6-10-11-15(12-17-8-3)16(13-18-9-4)14(5)7-2/h14-16H,6-13H2,1-5H3. The summed E-state index contributed by atoms with van der Waals surface area (Å²) in [5, 5.41) is 0. The molecular formula is C16H34O2. The second-order valence-corrected chi connectivity index (χ2v) is 5.27. The lowest BCUT2D eigenvalue weighted by Gasteiger charge is -2.31. The van der Waals surface area contributed by atoms with Crippen molar-refractivity contribution < 1.29 is 9.47 Å². The van der Waals surface area contributed by atoms with Crippen LogP contribution < -0.4 is 0 Å². The molecule has 0 amide bonds. The van der Waals surface area contributed by atoms with Crippen molar-refractivity contribution in [1.29, 1.82) is 0 Å². The molecular weight excluding hydrogens is 224 g/mol. The van der Waals surface area contributed by atoms with E-state index in [1.54, 1.807) is 0 Å². The topological polar surface area (TPSA) is 18.5 Å². The monoisotopic (exact) mass is 258 g/mol. The molecule has 0 fully saturated rings. The fourth-order valence-electron chi connectivity index (χ4n) is 2.48. The predicted octanol–water partition coefficient (Wildman–Crippen LogP) is 4.53. The van der Waals surface area contributed by atoms with Crippen LogP contribution >= 0.6 is 0 Å². The van der Waals surface area contributed by atoms with Gasteiger partial charge in [0.15, 0.2) is 0 Å². The average molecular weight is 258 g/mol. The van der Waals surface area contributed by atoms with Gasteiger partial charge in [0, 0.05) is 26.4 Å². The Labute approximate surface area is 114 Å². The summed E-state index contributed by atoms with van der Waals surface area (Å²) in [7, 11) is 0. The Morgan fingerprint density at radius 1 is 0.889 bits per heavy atom. The summed E-state index contributed by atoms with van der Waals surface area (Å²) < 4.78 is 11.4. The van der Waals surface area contributed by atoms with Crippen LogP contribution in [0.2, 0.25) is 0 Å². The van der Waals surface area contributed by atoms with Crippen LogP contribution in [0.4, 0.5) is 0 Å². The first-order chi connectivity index (χ1) is 8.71. The Morgan fingerprint density at radius 3 is 2.00 bits per heavy atom. The first-order valence-electron chi connectivity index (χ1n) is 7.86. The van der Waals surface area contributed by atoms with E-state index in [0.717, 1.165) is 32.3 Å². The van der Waals surface area contributed by atoms with Crippen molar-refractivity contribution in [2.75, 3.05) is 26.4 Å². The summed E-state index contributed by atoms with van der Waals surface area (Å²) >= 11 is 0. The molecule has 0 aromatic rings. The zero-order chi connectivity index (χ0) is 13.8. The highest BCUT2D eigenvalue weighted by Gasteiger charge is 2.25. The molecule has 3 unspecified atom stereocenters. The second-order valence-electron chi connectivity index (χ2n) is 5.27. The third kappa shape index (κ3) is 7.38. The largest absolute Gasteiger partial charge is 0.381 e. The van der Waals surface area contributed by atoms with Gasteiger partial charge in [-0.15, -0.1) is 0 Å². The van der Waals surface area contributed by atoms with Crippen molar-refractivity contribution in [3.05, 3.63) is 0 Å². The van der Waals surface area contributed by atoms with E-state index in [2.05, 4.69) is 34.6 Å². The molecule has 0 bridgehead atoms. The van der Waals surface area contributed by atoms with Crippen LogP contribution in [0.3, 0.4) is 0 Å². The van der Waals surface area contributed by atoms with Crippen molar-refractivity contribution in [1.82, 2.24) is 0 Å². The molecule has 0 N–H and O–H groups in total. The number of unbranched alkanes of at least 4 members (excludes halogenated alkanes) is 1. The summed E-state index contributed by atoms with van der Waals surface area (Å²) in [6.07, 6.45) is 5.08. The van der Waals surface area contributed by atoms with Gasteiger partial charge in [-0.1, -0.05) is 40.0 Å². The SMILES string of the molecule is CCCCC(COCC)C(COCC)C(C)CC. The summed E-state index contributed by atoms with van der Waals surface area (Å²) in [6, 6.07) is 0. The van der Waals surface area contributed by atoms with Crippen LogP contribution in [-0.4, -0.2) is 26.4 Å². The van der Waals surface area contributed by atoms with E-state index in [1.165, 1.54) is 25.7 Å². The van der Waals surface area contributed by atoms with E-state index in [0.29, 0.717) is 11.8 Å². The van der Waals surface area contributed by atoms with E-state index in [9.17, 15) is 0 Å². The third-order valence-electron chi connectivity index (χ3n) is 3.96. The highest BCUT2D eigenvalue weighted by Crippen LogP contribution is 2.28. The summed E-state index contributed by atoms with van der Waals surface area (Å²) in [6.45, 7) is 14.5. The third-order valence-corrected chi connectivity index (χ3v) is 3.96. The van der Waals surface area contributed by atoms with Gasteiger partial charge in [0.05, 0.1) is 0 Å². The first-order valence-corrected chi connectivity index (χ1v) is 7.86. The van der Waals surface area contributed by atoms with Gasteiger partial charge in [0.25, 0.3) is 0 Å². The fraction of sp³-hybridized carbons (Fsp3) is 1.00. The molecule has 0 spiro atoms. The van der Waals surface area contributed by atoms with Crippen LogP contribution in [0.15, 0.2) is 0 Å². The number of hydrogen-bond donors (Lipinski definition) is 0. The average Bonchev–Trinajstić information content (AvgIpc) is 2.40. The maximum Gasteiger partial charge on any atom is 0.0500 e. The molecule has 0 radical (unpaired) electrons. The quantitative estimate of drug-likeness (QED) is 0.512. The molecule has 0 saturated heterocycles. The van der Waals surface area contributed by atoms with Gasteiger partial charge in [-0.05, 0) is 38.0 Å². The maximum absolute atomic E-state index is 5.70. The molecule has 2 nitrogen and oxygen atoms in total. The summed E-state index contributed by atoms with van der Waals surface area (Å²) in [5.74, 6) is 2.03. The minimum Gasteiger partial charge on any atom is -0.381 e. The molecule has 0 aromatic carbocycles. The van der Waals surface area contributed by atoms with Gasteiger partial charge in [0.2, 0.25) is 0 Å². The van der Waals surface area contributed by atoms with Gasteiger partial charge < -0.3 is 9.47 Å². The number of ether oxygens (including phenoxy) is 2. The molecule has 0 saturated carbocycles. The molecule has 0 heterocycles. The lowest BCUT2D eigenvalue weighted by Crippen LogP contribution is -2.30.